The minimum Gasteiger partial charge on any atom is -0.481 e. The number of rotatable bonds is 10. The third kappa shape index (κ3) is 5.17. The Morgan fingerprint density at radius 2 is 1.67 bits per heavy atom. The molecule has 1 fully saturated rings. The Morgan fingerprint density at radius 1 is 1.06 bits per heavy atom. The molecule has 0 saturated heterocycles. The highest BCUT2D eigenvalue weighted by molar-refractivity contribution is 5.83. The highest BCUT2D eigenvalue weighted by Gasteiger charge is 2.36. The van der Waals surface area contributed by atoms with E-state index in [1.165, 1.54) is 7.11 Å². The lowest BCUT2D eigenvalue weighted by Crippen LogP contribution is -2.47. The molecule has 2 aliphatic rings. The van der Waals surface area contributed by atoms with Crippen molar-refractivity contribution in [3.05, 3.63) is 59.7 Å². The van der Waals surface area contributed by atoms with Crippen LogP contribution in [0.5, 0.6) is 0 Å². The molecule has 8 nitrogen and oxygen atoms in total. The number of carboxylic acid groups (broad SMARTS) is 1. The number of ether oxygens (including phenoxy) is 2. The molecular weight excluding hydrogens is 424 g/mol. The molecule has 4 rings (SSSR count). The molecule has 33 heavy (non-hydrogen) atoms. The van der Waals surface area contributed by atoms with Crippen LogP contribution in [0.1, 0.15) is 36.3 Å². The average molecular weight is 453 g/mol. The molecule has 2 aliphatic carbocycles. The number of carboxylic acids is 1. The number of alkyl carbamates (subject to hydrolysis) is 1. The van der Waals surface area contributed by atoms with Crippen LogP contribution in [-0.2, 0) is 19.1 Å². The van der Waals surface area contributed by atoms with Gasteiger partial charge in [0, 0.05) is 25.6 Å². The SMILES string of the molecule is COC(CNC(=O)OCC1c2ccccc2-c2ccccc21)C(=O)N(CCC(=O)O)C1CC1. The van der Waals surface area contributed by atoms with Gasteiger partial charge in [0.05, 0.1) is 13.0 Å². The number of hydrogen-bond donors (Lipinski definition) is 2. The molecule has 1 atom stereocenters. The molecule has 8 heteroatoms. The Bertz CT molecular complexity index is 990. The van der Waals surface area contributed by atoms with Crippen LogP contribution >= 0.6 is 0 Å². The summed E-state index contributed by atoms with van der Waals surface area (Å²) in [4.78, 5) is 37.7. The van der Waals surface area contributed by atoms with E-state index in [1.807, 2.05) is 36.4 Å². The molecule has 0 aliphatic heterocycles. The van der Waals surface area contributed by atoms with Crippen molar-refractivity contribution in [2.75, 3.05) is 26.8 Å². The maximum absolute atomic E-state index is 12.8. The summed E-state index contributed by atoms with van der Waals surface area (Å²) < 4.78 is 10.8. The van der Waals surface area contributed by atoms with Crippen molar-refractivity contribution >= 4 is 18.0 Å². The number of methoxy groups -OCH3 is 1. The van der Waals surface area contributed by atoms with Crippen molar-refractivity contribution in [1.82, 2.24) is 10.2 Å². The summed E-state index contributed by atoms with van der Waals surface area (Å²) in [7, 11) is 1.39. The molecule has 2 aromatic rings. The molecule has 1 saturated carbocycles. The maximum Gasteiger partial charge on any atom is 0.407 e. The van der Waals surface area contributed by atoms with Crippen molar-refractivity contribution in [3.8, 4) is 11.1 Å². The molecule has 2 amide bonds. The number of benzene rings is 2. The molecule has 0 bridgehead atoms. The third-order valence-corrected chi connectivity index (χ3v) is 6.17. The smallest absolute Gasteiger partial charge is 0.407 e. The van der Waals surface area contributed by atoms with Crippen LogP contribution in [0.3, 0.4) is 0 Å². The van der Waals surface area contributed by atoms with Gasteiger partial charge < -0.3 is 24.8 Å². The Labute approximate surface area is 192 Å². The van der Waals surface area contributed by atoms with Gasteiger partial charge in [0.2, 0.25) is 0 Å². The first kappa shape index (κ1) is 22.8. The van der Waals surface area contributed by atoms with Gasteiger partial charge in [0.1, 0.15) is 6.61 Å². The predicted molar refractivity (Wildman–Crippen MR) is 121 cm³/mol. The van der Waals surface area contributed by atoms with Gasteiger partial charge in [0.15, 0.2) is 6.10 Å². The topological polar surface area (TPSA) is 105 Å². The van der Waals surface area contributed by atoms with Crippen LogP contribution in [0.2, 0.25) is 0 Å². The Morgan fingerprint density at radius 3 is 2.21 bits per heavy atom. The van der Waals surface area contributed by atoms with Gasteiger partial charge in [-0.2, -0.15) is 0 Å². The molecule has 2 N–H and O–H groups in total. The van der Waals surface area contributed by atoms with Gasteiger partial charge in [-0.25, -0.2) is 4.79 Å². The number of hydrogen-bond acceptors (Lipinski definition) is 5. The van der Waals surface area contributed by atoms with Gasteiger partial charge >= 0.3 is 12.1 Å². The summed E-state index contributed by atoms with van der Waals surface area (Å²) in [5.41, 5.74) is 4.53. The lowest BCUT2D eigenvalue weighted by molar-refractivity contribution is -0.144. The molecule has 0 aromatic heterocycles. The maximum atomic E-state index is 12.8. The van der Waals surface area contributed by atoms with Crippen molar-refractivity contribution < 1.29 is 29.0 Å². The normalized spacial score (nSPS) is 15.3. The van der Waals surface area contributed by atoms with Crippen molar-refractivity contribution in [3.63, 3.8) is 0 Å². The first-order chi connectivity index (χ1) is 16.0. The predicted octanol–water partition coefficient (Wildman–Crippen LogP) is 3.01. The summed E-state index contributed by atoms with van der Waals surface area (Å²) in [6.07, 6.45) is 0.0388. The number of fused-ring (bicyclic) bond motifs is 3. The van der Waals surface area contributed by atoms with E-state index in [0.29, 0.717) is 0 Å². The standard InChI is InChI=1S/C25H28N2O6/c1-32-22(24(30)27(16-10-11-16)13-12-23(28)29)14-26-25(31)33-15-21-19-8-4-2-6-17(19)18-7-3-5-9-20(18)21/h2-9,16,21-22H,10-15H2,1H3,(H,26,31)(H,28,29). The van der Waals surface area contributed by atoms with Crippen LogP contribution in [0, 0.1) is 0 Å². The summed E-state index contributed by atoms with van der Waals surface area (Å²) in [5.74, 6) is -1.33. The van der Waals surface area contributed by atoms with E-state index in [-0.39, 0.29) is 44.0 Å². The van der Waals surface area contributed by atoms with Crippen molar-refractivity contribution in [2.24, 2.45) is 0 Å². The molecule has 0 heterocycles. The van der Waals surface area contributed by atoms with Crippen LogP contribution in [-0.4, -0.2) is 66.9 Å². The number of nitrogens with zero attached hydrogens (tertiary/aromatic N) is 1. The zero-order chi connectivity index (χ0) is 23.4. The second-order valence-corrected chi connectivity index (χ2v) is 8.34. The third-order valence-electron chi connectivity index (χ3n) is 6.17. The van der Waals surface area contributed by atoms with E-state index >= 15 is 0 Å². The van der Waals surface area contributed by atoms with Crippen LogP contribution in [0.15, 0.2) is 48.5 Å². The highest BCUT2D eigenvalue weighted by atomic mass is 16.5. The average Bonchev–Trinajstić information content (AvgIpc) is 3.60. The Kier molecular flexibility index (Phi) is 6.93. The summed E-state index contributed by atoms with van der Waals surface area (Å²) >= 11 is 0. The van der Waals surface area contributed by atoms with Crippen molar-refractivity contribution in [1.29, 1.82) is 0 Å². The van der Waals surface area contributed by atoms with Gasteiger partial charge in [-0.05, 0) is 35.1 Å². The van der Waals surface area contributed by atoms with E-state index in [0.717, 1.165) is 35.1 Å². The number of nitrogens with one attached hydrogen (secondary N) is 1. The Hall–Kier alpha value is -3.39. The quantitative estimate of drug-likeness (QED) is 0.574. The molecule has 0 radical (unpaired) electrons. The van der Waals surface area contributed by atoms with Gasteiger partial charge in [-0.15, -0.1) is 0 Å². The minimum absolute atomic E-state index is 0.0453. The van der Waals surface area contributed by atoms with Crippen LogP contribution in [0.25, 0.3) is 11.1 Å². The van der Waals surface area contributed by atoms with E-state index in [2.05, 4.69) is 17.4 Å². The summed E-state index contributed by atoms with van der Waals surface area (Å²) in [6.45, 7) is 0.254. The van der Waals surface area contributed by atoms with E-state index < -0.39 is 18.2 Å². The zero-order valence-corrected chi connectivity index (χ0v) is 18.5. The lowest BCUT2D eigenvalue weighted by Gasteiger charge is -2.26. The fourth-order valence-corrected chi connectivity index (χ4v) is 4.36. The largest absolute Gasteiger partial charge is 0.481 e. The van der Waals surface area contributed by atoms with Crippen molar-refractivity contribution in [2.45, 2.75) is 37.3 Å². The first-order valence-corrected chi connectivity index (χ1v) is 11.1. The lowest BCUT2D eigenvalue weighted by atomic mass is 9.98. The summed E-state index contributed by atoms with van der Waals surface area (Å²) in [6, 6.07) is 16.2. The summed E-state index contributed by atoms with van der Waals surface area (Å²) in [5, 5.41) is 11.6. The number of amides is 2. The van der Waals surface area contributed by atoms with Gasteiger partial charge in [-0.1, -0.05) is 48.5 Å². The number of carbonyl (C=O) groups is 3. The number of aliphatic carboxylic acids is 1. The van der Waals surface area contributed by atoms with Gasteiger partial charge in [0.25, 0.3) is 5.91 Å². The monoisotopic (exact) mass is 452 g/mol. The van der Waals surface area contributed by atoms with E-state index in [1.54, 1.807) is 4.90 Å². The first-order valence-electron chi connectivity index (χ1n) is 11.1. The van der Waals surface area contributed by atoms with Crippen LogP contribution < -0.4 is 5.32 Å². The second kappa shape index (κ2) is 10.0. The zero-order valence-electron chi connectivity index (χ0n) is 18.5. The number of carbonyl (C=O) groups excluding carboxylic acids is 2. The molecule has 2 aromatic carbocycles. The van der Waals surface area contributed by atoms with Crippen LogP contribution in [0.4, 0.5) is 4.79 Å². The fourth-order valence-electron chi connectivity index (χ4n) is 4.36. The molecule has 0 spiro atoms. The molecule has 174 valence electrons. The van der Waals surface area contributed by atoms with E-state index in [4.69, 9.17) is 14.6 Å². The minimum atomic E-state index is -0.959. The fraction of sp³-hybridized carbons (Fsp3) is 0.400. The molecule has 1 unspecified atom stereocenters. The van der Waals surface area contributed by atoms with E-state index in [9.17, 15) is 14.4 Å². The van der Waals surface area contributed by atoms with Gasteiger partial charge in [-0.3, -0.25) is 9.59 Å². The molecular formula is C25H28N2O6. The Balaban J connectivity index is 1.32. The second-order valence-electron chi connectivity index (χ2n) is 8.34. The highest BCUT2D eigenvalue weighted by Crippen LogP contribution is 2.44.